The zero-order valence-electron chi connectivity index (χ0n) is 15.2. The molecule has 2 heterocycles. The molecule has 1 N–H and O–H groups in total. The smallest absolute Gasteiger partial charge is 0.174 e. The number of hydrogen-bond acceptors (Lipinski definition) is 5. The molecule has 0 amide bonds. The molecule has 1 aliphatic rings. The van der Waals surface area contributed by atoms with E-state index < -0.39 is 0 Å². The molecule has 138 valence electrons. The molecule has 1 aliphatic heterocycles. The van der Waals surface area contributed by atoms with Crippen molar-refractivity contribution >= 4 is 61.5 Å². The first-order valence-corrected chi connectivity index (χ1v) is 11.0. The Kier molecular flexibility index (Phi) is 5.43. The van der Waals surface area contributed by atoms with Crippen LogP contribution in [-0.2, 0) is 0 Å². The van der Waals surface area contributed by atoms with Crippen LogP contribution in [0.5, 0.6) is 0 Å². The summed E-state index contributed by atoms with van der Waals surface area (Å²) in [5, 5.41) is 5.78. The fraction of sp³-hybridized carbons (Fsp3) is 0.250. The Bertz CT molecular complexity index is 1010. The molecule has 0 spiro atoms. The Labute approximate surface area is 172 Å². The van der Waals surface area contributed by atoms with E-state index in [1.165, 1.54) is 10.3 Å². The van der Waals surface area contributed by atoms with Gasteiger partial charge >= 0.3 is 0 Å². The molecule has 0 unspecified atom stereocenters. The number of rotatable bonds is 2. The second-order valence-corrected chi connectivity index (χ2v) is 8.82. The van der Waals surface area contributed by atoms with Crippen LogP contribution < -0.4 is 5.32 Å². The zero-order valence-corrected chi connectivity index (χ0v) is 17.7. The summed E-state index contributed by atoms with van der Waals surface area (Å²) in [4.78, 5) is 11.7. The van der Waals surface area contributed by atoms with Crippen molar-refractivity contribution in [2.45, 2.75) is 13.3 Å². The fourth-order valence-corrected chi connectivity index (χ4v) is 5.08. The standard InChI is InChI=1S/C20H20N4S3/c1-13-4-9-17-16(12-13)23-18(27-17)14-5-7-15(8-6-14)22-20-24(19(25)21-2)10-3-11-26-20/h4-9,12H,3,10-11H2,1-2H3,(H,21,25). The van der Waals surface area contributed by atoms with Crippen molar-refractivity contribution in [1.29, 1.82) is 0 Å². The number of benzene rings is 2. The molecule has 1 aromatic heterocycles. The largest absolute Gasteiger partial charge is 0.365 e. The van der Waals surface area contributed by atoms with Crippen molar-refractivity contribution in [1.82, 2.24) is 15.2 Å². The van der Waals surface area contributed by atoms with Crippen LogP contribution in [0.3, 0.4) is 0 Å². The molecule has 3 aromatic rings. The molecule has 27 heavy (non-hydrogen) atoms. The van der Waals surface area contributed by atoms with Crippen LogP contribution in [0, 0.1) is 6.92 Å². The van der Waals surface area contributed by atoms with Crippen LogP contribution in [0.4, 0.5) is 5.69 Å². The molecule has 1 saturated heterocycles. The number of aromatic nitrogens is 1. The minimum absolute atomic E-state index is 0.724. The third-order valence-corrected chi connectivity index (χ3v) is 6.90. The van der Waals surface area contributed by atoms with Gasteiger partial charge in [0.25, 0.3) is 0 Å². The highest BCUT2D eigenvalue weighted by Gasteiger charge is 2.20. The number of nitrogens with zero attached hydrogens (tertiary/aromatic N) is 3. The zero-order chi connectivity index (χ0) is 18.8. The number of thiazole rings is 1. The highest BCUT2D eigenvalue weighted by atomic mass is 32.2. The molecular formula is C20H20N4S3. The number of hydrogen-bond donors (Lipinski definition) is 1. The lowest BCUT2D eigenvalue weighted by Gasteiger charge is -2.29. The van der Waals surface area contributed by atoms with Crippen molar-refractivity contribution in [3.05, 3.63) is 48.0 Å². The van der Waals surface area contributed by atoms with Gasteiger partial charge in [0.05, 0.1) is 15.9 Å². The quantitative estimate of drug-likeness (QED) is 0.586. The van der Waals surface area contributed by atoms with E-state index in [0.29, 0.717) is 0 Å². The average molecular weight is 413 g/mol. The number of aliphatic imine (C=N–C) groups is 1. The number of nitrogens with one attached hydrogen (secondary N) is 1. The van der Waals surface area contributed by atoms with Gasteiger partial charge < -0.3 is 5.32 Å². The van der Waals surface area contributed by atoms with Crippen molar-refractivity contribution < 1.29 is 0 Å². The van der Waals surface area contributed by atoms with Gasteiger partial charge in [0.15, 0.2) is 10.3 Å². The lowest BCUT2D eigenvalue weighted by molar-refractivity contribution is 0.591. The van der Waals surface area contributed by atoms with Gasteiger partial charge in [0.1, 0.15) is 5.01 Å². The maximum atomic E-state index is 5.41. The predicted molar refractivity (Wildman–Crippen MR) is 122 cm³/mol. The first-order valence-electron chi connectivity index (χ1n) is 8.82. The van der Waals surface area contributed by atoms with Crippen LogP contribution in [0.15, 0.2) is 47.5 Å². The van der Waals surface area contributed by atoms with E-state index in [1.807, 2.05) is 7.05 Å². The van der Waals surface area contributed by atoms with E-state index in [2.05, 4.69) is 59.6 Å². The molecule has 4 rings (SSSR count). The van der Waals surface area contributed by atoms with Crippen molar-refractivity contribution in [2.24, 2.45) is 4.99 Å². The third-order valence-electron chi connectivity index (χ3n) is 4.33. The Hall–Kier alpha value is -1.96. The molecule has 0 radical (unpaired) electrons. The van der Waals surface area contributed by atoms with Gasteiger partial charge in [-0.25, -0.2) is 9.98 Å². The summed E-state index contributed by atoms with van der Waals surface area (Å²) in [6.45, 7) is 3.01. The summed E-state index contributed by atoms with van der Waals surface area (Å²) in [5.41, 5.74) is 4.36. The molecule has 0 bridgehead atoms. The molecule has 2 aromatic carbocycles. The fourth-order valence-electron chi connectivity index (χ4n) is 2.93. The first-order chi connectivity index (χ1) is 13.1. The summed E-state index contributed by atoms with van der Waals surface area (Å²) >= 11 is 8.88. The van der Waals surface area contributed by atoms with Crippen LogP contribution in [-0.4, -0.2) is 39.5 Å². The maximum absolute atomic E-state index is 5.41. The number of amidine groups is 1. The number of thiocarbonyl (C=S) groups is 1. The van der Waals surface area contributed by atoms with Gasteiger partial charge in [-0.05, 0) is 67.5 Å². The molecule has 0 saturated carbocycles. The van der Waals surface area contributed by atoms with E-state index in [-0.39, 0.29) is 0 Å². The minimum atomic E-state index is 0.724. The Balaban J connectivity index is 1.60. The van der Waals surface area contributed by atoms with Crippen molar-refractivity contribution in [3.63, 3.8) is 0 Å². The average Bonchev–Trinajstić information content (AvgIpc) is 3.11. The highest BCUT2D eigenvalue weighted by Crippen LogP contribution is 2.32. The summed E-state index contributed by atoms with van der Waals surface area (Å²) in [5.74, 6) is 1.07. The van der Waals surface area contributed by atoms with E-state index in [4.69, 9.17) is 22.2 Å². The Morgan fingerprint density at radius 3 is 2.81 bits per heavy atom. The number of thioether (sulfide) groups is 1. The second-order valence-electron chi connectivity index (χ2n) is 6.34. The Morgan fingerprint density at radius 1 is 1.22 bits per heavy atom. The highest BCUT2D eigenvalue weighted by molar-refractivity contribution is 8.14. The molecule has 1 fully saturated rings. The topological polar surface area (TPSA) is 40.5 Å². The molecule has 4 nitrogen and oxygen atoms in total. The Morgan fingerprint density at radius 2 is 2.04 bits per heavy atom. The maximum Gasteiger partial charge on any atom is 0.174 e. The van der Waals surface area contributed by atoms with Crippen LogP contribution >= 0.6 is 35.3 Å². The van der Waals surface area contributed by atoms with E-state index in [1.54, 1.807) is 23.1 Å². The van der Waals surface area contributed by atoms with E-state index in [9.17, 15) is 0 Å². The predicted octanol–water partition coefficient (Wildman–Crippen LogP) is 5.20. The van der Waals surface area contributed by atoms with Crippen LogP contribution in [0.2, 0.25) is 0 Å². The van der Waals surface area contributed by atoms with Gasteiger partial charge in [-0.15, -0.1) is 11.3 Å². The summed E-state index contributed by atoms with van der Waals surface area (Å²) < 4.78 is 1.22. The summed E-state index contributed by atoms with van der Waals surface area (Å²) in [7, 11) is 1.85. The van der Waals surface area contributed by atoms with E-state index in [0.717, 1.165) is 50.8 Å². The summed E-state index contributed by atoms with van der Waals surface area (Å²) in [6.07, 6.45) is 1.11. The van der Waals surface area contributed by atoms with Gasteiger partial charge in [0, 0.05) is 24.9 Å². The van der Waals surface area contributed by atoms with Crippen LogP contribution in [0.1, 0.15) is 12.0 Å². The van der Waals surface area contributed by atoms with Gasteiger partial charge in [-0.3, -0.25) is 4.90 Å². The van der Waals surface area contributed by atoms with Crippen molar-refractivity contribution in [2.75, 3.05) is 19.3 Å². The summed E-state index contributed by atoms with van der Waals surface area (Å²) in [6, 6.07) is 14.7. The normalized spacial score (nSPS) is 16.1. The van der Waals surface area contributed by atoms with Crippen LogP contribution in [0.25, 0.3) is 20.8 Å². The number of fused-ring (bicyclic) bond motifs is 1. The SMILES string of the molecule is CNC(=S)N1CCCSC1=Nc1ccc(-c2nc3cc(C)ccc3s2)cc1. The minimum Gasteiger partial charge on any atom is -0.365 e. The van der Waals surface area contributed by atoms with Crippen molar-refractivity contribution in [3.8, 4) is 10.6 Å². The van der Waals surface area contributed by atoms with Gasteiger partial charge in [-0.2, -0.15) is 0 Å². The lowest BCUT2D eigenvalue weighted by Crippen LogP contribution is -2.43. The third kappa shape index (κ3) is 4.00. The number of aryl methyl sites for hydroxylation is 1. The molecule has 7 heteroatoms. The second kappa shape index (κ2) is 7.96. The first kappa shape index (κ1) is 18.4. The molecule has 0 atom stereocenters. The monoisotopic (exact) mass is 412 g/mol. The molecule has 0 aliphatic carbocycles. The lowest BCUT2D eigenvalue weighted by atomic mass is 10.2. The van der Waals surface area contributed by atoms with E-state index >= 15 is 0 Å². The van der Waals surface area contributed by atoms with Gasteiger partial charge in [0.2, 0.25) is 0 Å². The van der Waals surface area contributed by atoms with Gasteiger partial charge in [-0.1, -0.05) is 17.8 Å². The molecular weight excluding hydrogens is 392 g/mol.